The summed E-state index contributed by atoms with van der Waals surface area (Å²) in [7, 11) is 0.271. The Kier molecular flexibility index (Phi) is 7.44. The van der Waals surface area contributed by atoms with E-state index in [1.807, 2.05) is 19.1 Å². The molecule has 8 nitrogen and oxygen atoms in total. The lowest BCUT2D eigenvalue weighted by atomic mass is 10.2. The molecule has 0 aromatic heterocycles. The molecule has 0 atom stereocenters. The number of hydrogen-bond donors (Lipinski definition) is 1. The fraction of sp³-hybridized carbons (Fsp3) is 0.208. The number of aryl methyl sites for hydroxylation is 1. The molecule has 9 heteroatoms. The summed E-state index contributed by atoms with van der Waals surface area (Å²) in [4.78, 5) is 12.8. The summed E-state index contributed by atoms with van der Waals surface area (Å²) >= 11 is 0. The van der Waals surface area contributed by atoms with Crippen LogP contribution in [0.15, 0.2) is 71.6 Å². The summed E-state index contributed by atoms with van der Waals surface area (Å²) in [6.45, 7) is 1.47. The molecule has 3 aromatic carbocycles. The van der Waals surface area contributed by atoms with Crippen molar-refractivity contribution in [2.75, 3.05) is 37.5 Å². The Morgan fingerprint density at radius 2 is 1.58 bits per heavy atom. The first kappa shape index (κ1) is 23.9. The molecule has 0 bridgehead atoms. The summed E-state index contributed by atoms with van der Waals surface area (Å²) < 4.78 is 43.9. The fourth-order valence-corrected chi connectivity index (χ4v) is 4.66. The smallest absolute Gasteiger partial charge is 0.264 e. The van der Waals surface area contributed by atoms with E-state index < -0.39 is 22.5 Å². The van der Waals surface area contributed by atoms with Crippen LogP contribution in [-0.2, 0) is 14.8 Å². The number of nitrogens with zero attached hydrogens (tertiary/aromatic N) is 1. The minimum atomic E-state index is -4.13. The molecule has 33 heavy (non-hydrogen) atoms. The van der Waals surface area contributed by atoms with Crippen LogP contribution < -0.4 is 23.8 Å². The van der Waals surface area contributed by atoms with Gasteiger partial charge in [0.2, 0.25) is 5.91 Å². The first-order valence-electron chi connectivity index (χ1n) is 10.0. The SMILES string of the molecule is COc1ccc(N(CC(=O)Nc2cccc(C)c2)S(=O)(=O)c2ccc(OC)c(OC)c2)cc1. The molecule has 0 aliphatic rings. The van der Waals surface area contributed by atoms with E-state index in [9.17, 15) is 13.2 Å². The molecule has 1 N–H and O–H groups in total. The number of carbonyl (C=O) groups excluding carboxylic acids is 1. The van der Waals surface area contributed by atoms with Gasteiger partial charge < -0.3 is 19.5 Å². The van der Waals surface area contributed by atoms with Crippen molar-refractivity contribution in [2.45, 2.75) is 11.8 Å². The topological polar surface area (TPSA) is 94.2 Å². The zero-order valence-corrected chi connectivity index (χ0v) is 19.7. The van der Waals surface area contributed by atoms with Gasteiger partial charge in [-0.15, -0.1) is 0 Å². The van der Waals surface area contributed by atoms with Gasteiger partial charge in [-0.3, -0.25) is 9.10 Å². The molecule has 0 spiro atoms. The Morgan fingerprint density at radius 3 is 2.18 bits per heavy atom. The quantitative estimate of drug-likeness (QED) is 0.511. The summed E-state index contributed by atoms with van der Waals surface area (Å²) in [5.41, 5.74) is 1.86. The highest BCUT2D eigenvalue weighted by atomic mass is 32.2. The first-order chi connectivity index (χ1) is 15.8. The van der Waals surface area contributed by atoms with Crippen molar-refractivity contribution < 1.29 is 27.4 Å². The maximum atomic E-state index is 13.6. The second-order valence-electron chi connectivity index (χ2n) is 7.14. The molecule has 3 aromatic rings. The highest BCUT2D eigenvalue weighted by Crippen LogP contribution is 2.32. The van der Waals surface area contributed by atoms with Gasteiger partial charge in [-0.2, -0.15) is 0 Å². The number of anilines is 2. The standard InChI is InChI=1S/C24H26N2O6S/c1-17-6-5-7-18(14-17)25-24(27)16-26(19-8-10-20(30-2)11-9-19)33(28,29)21-12-13-22(31-3)23(15-21)32-4/h5-15H,16H2,1-4H3,(H,25,27). The second-order valence-corrected chi connectivity index (χ2v) is 9.01. The number of ether oxygens (including phenoxy) is 3. The number of rotatable bonds is 9. The Bertz CT molecular complexity index is 1230. The number of sulfonamides is 1. The van der Waals surface area contributed by atoms with Gasteiger partial charge in [0.1, 0.15) is 12.3 Å². The molecule has 0 heterocycles. The summed E-state index contributed by atoms with van der Waals surface area (Å²) in [6, 6.07) is 18.0. The minimum Gasteiger partial charge on any atom is -0.497 e. The highest BCUT2D eigenvalue weighted by Gasteiger charge is 2.28. The van der Waals surface area contributed by atoms with Gasteiger partial charge in [0, 0.05) is 11.8 Å². The second kappa shape index (κ2) is 10.3. The first-order valence-corrected chi connectivity index (χ1v) is 11.5. The maximum absolute atomic E-state index is 13.6. The number of methoxy groups -OCH3 is 3. The number of amides is 1. The van der Waals surface area contributed by atoms with Crippen LogP contribution in [0.4, 0.5) is 11.4 Å². The zero-order valence-electron chi connectivity index (χ0n) is 18.9. The van der Waals surface area contributed by atoms with Crippen LogP contribution >= 0.6 is 0 Å². The molecular weight excluding hydrogens is 444 g/mol. The van der Waals surface area contributed by atoms with Crippen LogP contribution in [0.2, 0.25) is 0 Å². The molecule has 0 aliphatic heterocycles. The van der Waals surface area contributed by atoms with Crippen LogP contribution in [0.1, 0.15) is 5.56 Å². The van der Waals surface area contributed by atoms with E-state index in [1.54, 1.807) is 36.4 Å². The van der Waals surface area contributed by atoms with Crippen LogP contribution in [0.25, 0.3) is 0 Å². The monoisotopic (exact) mass is 470 g/mol. The van der Waals surface area contributed by atoms with Crippen molar-refractivity contribution in [2.24, 2.45) is 0 Å². The van der Waals surface area contributed by atoms with Crippen molar-refractivity contribution in [1.29, 1.82) is 0 Å². The van der Waals surface area contributed by atoms with Gasteiger partial charge in [-0.05, 0) is 61.0 Å². The molecule has 0 saturated carbocycles. The van der Waals surface area contributed by atoms with Crippen LogP contribution in [0.3, 0.4) is 0 Å². The van der Waals surface area contributed by atoms with Crippen molar-refractivity contribution in [3.05, 3.63) is 72.3 Å². The molecule has 0 unspecified atom stereocenters. The lowest BCUT2D eigenvalue weighted by molar-refractivity contribution is -0.114. The van der Waals surface area contributed by atoms with Gasteiger partial charge in [0.05, 0.1) is 31.9 Å². The van der Waals surface area contributed by atoms with Crippen molar-refractivity contribution in [1.82, 2.24) is 0 Å². The highest BCUT2D eigenvalue weighted by molar-refractivity contribution is 7.92. The van der Waals surface area contributed by atoms with Crippen molar-refractivity contribution in [3.8, 4) is 17.2 Å². The van der Waals surface area contributed by atoms with Gasteiger partial charge in [0.25, 0.3) is 10.0 Å². The van der Waals surface area contributed by atoms with Crippen LogP contribution in [-0.4, -0.2) is 42.2 Å². The normalized spacial score (nSPS) is 10.9. The van der Waals surface area contributed by atoms with Crippen LogP contribution in [0, 0.1) is 6.92 Å². The summed E-state index contributed by atoms with van der Waals surface area (Å²) in [6.07, 6.45) is 0. The van der Waals surface area contributed by atoms with E-state index in [0.717, 1.165) is 9.87 Å². The molecule has 0 fully saturated rings. The molecular formula is C24H26N2O6S. The lowest BCUT2D eigenvalue weighted by Gasteiger charge is -2.24. The molecule has 0 radical (unpaired) electrons. The largest absolute Gasteiger partial charge is 0.497 e. The average molecular weight is 471 g/mol. The predicted octanol–water partition coefficient (Wildman–Crippen LogP) is 3.85. The lowest BCUT2D eigenvalue weighted by Crippen LogP contribution is -2.38. The van der Waals surface area contributed by atoms with Gasteiger partial charge in [-0.1, -0.05) is 12.1 Å². The fourth-order valence-electron chi connectivity index (χ4n) is 3.22. The third kappa shape index (κ3) is 5.56. The minimum absolute atomic E-state index is 0.0423. The Balaban J connectivity index is 1.99. The maximum Gasteiger partial charge on any atom is 0.264 e. The molecule has 1 amide bonds. The zero-order chi connectivity index (χ0) is 24.0. The van der Waals surface area contributed by atoms with Crippen LogP contribution in [0.5, 0.6) is 17.2 Å². The molecule has 0 aliphatic carbocycles. The summed E-state index contributed by atoms with van der Waals surface area (Å²) in [5.74, 6) is 0.731. The molecule has 0 saturated heterocycles. The Labute approximate surface area is 193 Å². The number of carbonyl (C=O) groups is 1. The average Bonchev–Trinajstić information content (AvgIpc) is 2.82. The summed E-state index contributed by atoms with van der Waals surface area (Å²) in [5, 5.41) is 2.76. The van der Waals surface area contributed by atoms with Crippen molar-refractivity contribution in [3.63, 3.8) is 0 Å². The van der Waals surface area contributed by atoms with E-state index in [0.29, 0.717) is 22.9 Å². The van der Waals surface area contributed by atoms with E-state index >= 15 is 0 Å². The molecule has 174 valence electrons. The number of benzene rings is 3. The van der Waals surface area contributed by atoms with Gasteiger partial charge in [0.15, 0.2) is 11.5 Å². The predicted molar refractivity (Wildman–Crippen MR) is 127 cm³/mol. The number of nitrogens with one attached hydrogen (secondary N) is 1. The number of hydrogen-bond acceptors (Lipinski definition) is 6. The van der Waals surface area contributed by atoms with Crippen molar-refractivity contribution >= 4 is 27.3 Å². The Hall–Kier alpha value is -3.72. The van der Waals surface area contributed by atoms with E-state index in [1.165, 1.54) is 39.5 Å². The third-order valence-corrected chi connectivity index (χ3v) is 6.66. The third-order valence-electron chi connectivity index (χ3n) is 4.89. The molecule has 3 rings (SSSR count). The van der Waals surface area contributed by atoms with E-state index in [4.69, 9.17) is 14.2 Å². The van der Waals surface area contributed by atoms with Gasteiger partial charge in [-0.25, -0.2) is 8.42 Å². The Morgan fingerprint density at radius 1 is 0.879 bits per heavy atom. The van der Waals surface area contributed by atoms with E-state index in [-0.39, 0.29) is 10.6 Å². The van der Waals surface area contributed by atoms with Gasteiger partial charge >= 0.3 is 0 Å². The van der Waals surface area contributed by atoms with E-state index in [2.05, 4.69) is 5.32 Å².